The molecule has 4 fully saturated rings. The molecule has 1 saturated carbocycles. The van der Waals surface area contributed by atoms with Crippen LogP contribution in [0.4, 0.5) is 25.1 Å². The van der Waals surface area contributed by atoms with Gasteiger partial charge in [0.05, 0.1) is 18.0 Å². The Balaban J connectivity index is 0.989. The van der Waals surface area contributed by atoms with Crippen LogP contribution in [0, 0.1) is 18.6 Å². The summed E-state index contributed by atoms with van der Waals surface area (Å²) in [4.78, 5) is 33.4. The van der Waals surface area contributed by atoms with Gasteiger partial charge in [0.15, 0.2) is 0 Å². The molecule has 1 aliphatic carbocycles. The number of allylic oxidation sites excluding steroid dienone is 2. The summed E-state index contributed by atoms with van der Waals surface area (Å²) in [5.74, 6) is -1.63. The number of amides is 3. The van der Waals surface area contributed by atoms with Crippen molar-refractivity contribution in [2.75, 3.05) is 36.0 Å². The van der Waals surface area contributed by atoms with Crippen molar-refractivity contribution in [2.45, 2.75) is 57.0 Å². The number of aryl methyl sites for hydroxylation is 1. The van der Waals surface area contributed by atoms with Crippen LogP contribution in [0.15, 0.2) is 41.7 Å². The highest BCUT2D eigenvalue weighted by molar-refractivity contribution is 5.86. The number of carbonyl (C=O) groups is 2. The third-order valence-electron chi connectivity index (χ3n) is 8.15. The topological polar surface area (TPSA) is 89.6 Å². The van der Waals surface area contributed by atoms with Gasteiger partial charge >= 0.3 is 6.03 Å². The molecule has 1 aromatic heterocycles. The van der Waals surface area contributed by atoms with Gasteiger partial charge in [-0.1, -0.05) is 11.6 Å². The molecule has 0 spiro atoms. The van der Waals surface area contributed by atoms with Crippen LogP contribution in [-0.4, -0.2) is 55.2 Å². The van der Waals surface area contributed by atoms with Crippen molar-refractivity contribution in [1.29, 1.82) is 0 Å². The Morgan fingerprint density at radius 1 is 1.03 bits per heavy atom. The molecule has 8 nitrogen and oxygen atoms in total. The lowest BCUT2D eigenvalue weighted by Crippen LogP contribution is -2.65. The van der Waals surface area contributed by atoms with Crippen LogP contribution in [0.25, 0.3) is 0 Å². The monoisotopic (exact) mass is 522 g/mol. The predicted molar refractivity (Wildman–Crippen MR) is 140 cm³/mol. The van der Waals surface area contributed by atoms with Crippen LogP contribution in [0.5, 0.6) is 0 Å². The van der Waals surface area contributed by atoms with E-state index < -0.39 is 17.6 Å². The molecule has 2 aromatic rings. The number of halogens is 2. The van der Waals surface area contributed by atoms with Gasteiger partial charge in [-0.05, 0) is 62.8 Å². The summed E-state index contributed by atoms with van der Waals surface area (Å²) in [7, 11) is 0. The number of anilines is 2. The number of nitrogens with one attached hydrogen (secondary N) is 3. The Hall–Kier alpha value is -3.69. The van der Waals surface area contributed by atoms with E-state index in [0.29, 0.717) is 44.7 Å². The quantitative estimate of drug-likeness (QED) is 0.560. The number of benzene rings is 1. The van der Waals surface area contributed by atoms with E-state index in [1.807, 2.05) is 24.0 Å². The molecule has 3 N–H and O–H groups in total. The number of nitrogens with zero attached hydrogens (tertiary/aromatic N) is 3. The van der Waals surface area contributed by atoms with Gasteiger partial charge < -0.3 is 25.8 Å². The number of aromatic nitrogens is 1. The predicted octanol–water partition coefficient (Wildman–Crippen LogP) is 3.48. The third kappa shape index (κ3) is 4.68. The van der Waals surface area contributed by atoms with Crippen molar-refractivity contribution < 1.29 is 18.4 Å². The van der Waals surface area contributed by atoms with Crippen molar-refractivity contribution >= 4 is 23.4 Å². The lowest BCUT2D eigenvalue weighted by atomic mass is 9.83. The van der Waals surface area contributed by atoms with Gasteiger partial charge in [0.25, 0.3) is 0 Å². The summed E-state index contributed by atoms with van der Waals surface area (Å²) in [5.41, 5.74) is 3.56. The molecule has 4 aliphatic rings. The van der Waals surface area contributed by atoms with Crippen LogP contribution in [0.2, 0.25) is 0 Å². The minimum atomic E-state index is -0.827. The summed E-state index contributed by atoms with van der Waals surface area (Å²) >= 11 is 0. The van der Waals surface area contributed by atoms with E-state index in [1.165, 1.54) is 17.7 Å². The first-order valence-corrected chi connectivity index (χ1v) is 13.3. The van der Waals surface area contributed by atoms with Gasteiger partial charge in [-0.3, -0.25) is 4.79 Å². The fourth-order valence-electron chi connectivity index (χ4n) is 5.74. The van der Waals surface area contributed by atoms with Gasteiger partial charge in [-0.25, -0.2) is 18.6 Å². The molecule has 0 radical (unpaired) electrons. The molecule has 0 bridgehead atoms. The summed E-state index contributed by atoms with van der Waals surface area (Å²) < 4.78 is 30.1. The largest absolute Gasteiger partial charge is 0.367 e. The zero-order valence-electron chi connectivity index (χ0n) is 21.4. The second-order valence-corrected chi connectivity index (χ2v) is 10.8. The Labute approximate surface area is 220 Å². The average Bonchev–Trinajstić information content (AvgIpc) is 2.78. The standard InChI is InChI=1S/C28H32F2N6O2/c1-16-4-3-9-31-26(16)36-14-19(15-36)33-28(38)32-18-12-35(13-18)20-10-22(29)25(23(30)11-20)21-7-8-24(34-27(21)37)17-5-2-6-17/h3-4,9-11,18-19,21H,2,5-8,12-15H2,1H3,(H,34,37)(H2,32,33,38). The number of pyridine rings is 1. The summed E-state index contributed by atoms with van der Waals surface area (Å²) in [6, 6.07) is 6.19. The van der Waals surface area contributed by atoms with Gasteiger partial charge in [0.2, 0.25) is 5.91 Å². The molecular formula is C28H32F2N6O2. The minimum absolute atomic E-state index is 0.0429. The molecule has 200 valence electrons. The molecule has 1 unspecified atom stereocenters. The van der Waals surface area contributed by atoms with Gasteiger partial charge in [0, 0.05) is 49.3 Å². The second-order valence-electron chi connectivity index (χ2n) is 10.8. The SMILES string of the molecule is Cc1cccnc1N1CC(NC(=O)NC2CN(c3cc(F)c(C4CCC(=C5CCC5)NC4=O)c(F)c3)C2)C1. The first-order valence-electron chi connectivity index (χ1n) is 13.3. The van der Waals surface area contributed by atoms with E-state index in [-0.39, 0.29) is 29.6 Å². The van der Waals surface area contributed by atoms with Gasteiger partial charge in [-0.15, -0.1) is 0 Å². The molecular weight excluding hydrogens is 490 g/mol. The second kappa shape index (κ2) is 9.89. The van der Waals surface area contributed by atoms with Crippen LogP contribution < -0.4 is 25.8 Å². The molecule has 3 amide bonds. The zero-order valence-corrected chi connectivity index (χ0v) is 21.4. The molecule has 6 rings (SSSR count). The third-order valence-corrected chi connectivity index (χ3v) is 8.15. The Morgan fingerprint density at radius 2 is 1.68 bits per heavy atom. The van der Waals surface area contributed by atoms with E-state index >= 15 is 8.78 Å². The summed E-state index contributed by atoms with van der Waals surface area (Å²) in [6.45, 7) is 4.32. The molecule has 1 aromatic carbocycles. The van der Waals surface area contributed by atoms with E-state index in [1.54, 1.807) is 6.20 Å². The van der Waals surface area contributed by atoms with E-state index in [4.69, 9.17) is 0 Å². The molecule has 3 aliphatic heterocycles. The average molecular weight is 523 g/mol. The van der Waals surface area contributed by atoms with Crippen molar-refractivity contribution in [1.82, 2.24) is 20.9 Å². The minimum Gasteiger partial charge on any atom is -0.367 e. The number of hydrogen-bond acceptors (Lipinski definition) is 5. The lowest BCUT2D eigenvalue weighted by molar-refractivity contribution is -0.123. The van der Waals surface area contributed by atoms with Crippen LogP contribution >= 0.6 is 0 Å². The van der Waals surface area contributed by atoms with Crippen LogP contribution in [0.3, 0.4) is 0 Å². The van der Waals surface area contributed by atoms with E-state index in [2.05, 4.69) is 25.8 Å². The number of rotatable bonds is 5. The fraction of sp³-hybridized carbons (Fsp3) is 0.464. The maximum Gasteiger partial charge on any atom is 0.315 e. The van der Waals surface area contributed by atoms with Crippen molar-refractivity contribution in [3.63, 3.8) is 0 Å². The van der Waals surface area contributed by atoms with Crippen molar-refractivity contribution in [3.05, 3.63) is 64.5 Å². The van der Waals surface area contributed by atoms with Gasteiger partial charge in [0.1, 0.15) is 17.5 Å². The van der Waals surface area contributed by atoms with Crippen LogP contribution in [-0.2, 0) is 4.79 Å². The fourth-order valence-corrected chi connectivity index (χ4v) is 5.74. The van der Waals surface area contributed by atoms with E-state index in [0.717, 1.165) is 36.3 Å². The smallest absolute Gasteiger partial charge is 0.315 e. The van der Waals surface area contributed by atoms with E-state index in [9.17, 15) is 9.59 Å². The van der Waals surface area contributed by atoms with Gasteiger partial charge in [-0.2, -0.15) is 0 Å². The maximum absolute atomic E-state index is 15.1. The number of carbonyl (C=O) groups excluding carboxylic acids is 2. The molecule has 1 atom stereocenters. The summed E-state index contributed by atoms with van der Waals surface area (Å²) in [6.07, 6.45) is 5.93. The highest BCUT2D eigenvalue weighted by Gasteiger charge is 2.35. The molecule has 3 saturated heterocycles. The van der Waals surface area contributed by atoms with Crippen molar-refractivity contribution in [2.24, 2.45) is 0 Å². The van der Waals surface area contributed by atoms with Crippen molar-refractivity contribution in [3.8, 4) is 0 Å². The molecule has 10 heteroatoms. The Bertz CT molecular complexity index is 1270. The van der Waals surface area contributed by atoms with Crippen LogP contribution in [0.1, 0.15) is 49.1 Å². The maximum atomic E-state index is 15.1. The molecule has 4 heterocycles. The first-order chi connectivity index (χ1) is 18.4. The summed E-state index contributed by atoms with van der Waals surface area (Å²) in [5, 5.41) is 8.79. The number of urea groups is 1. The molecule has 38 heavy (non-hydrogen) atoms. The Morgan fingerprint density at radius 3 is 2.26 bits per heavy atom. The number of piperidine rings is 1. The zero-order chi connectivity index (χ0) is 26.4. The first kappa shape index (κ1) is 24.6. The normalized spacial score (nSPS) is 21.9. The number of hydrogen-bond donors (Lipinski definition) is 3. The highest BCUT2D eigenvalue weighted by Crippen LogP contribution is 2.37. The highest BCUT2D eigenvalue weighted by atomic mass is 19.1. The Kier molecular flexibility index (Phi) is 6.41. The lowest BCUT2D eigenvalue weighted by Gasteiger charge is -2.43.